The molecule has 0 aliphatic rings. The number of thioether (sulfide) groups is 1. The highest BCUT2D eigenvalue weighted by Crippen LogP contribution is 1.91. The van der Waals surface area contributed by atoms with Crippen molar-refractivity contribution in [2.75, 3.05) is 78.2 Å². The number of hydrogen-bond acceptors (Lipinski definition) is 7. The molecule has 0 aromatic carbocycles. The molecule has 0 aliphatic heterocycles. The lowest BCUT2D eigenvalue weighted by Crippen LogP contribution is -2.27. The maximum atomic E-state index is 5.42. The zero-order chi connectivity index (χ0) is 16.3. The number of hydrogen-bond donors (Lipinski definition) is 1. The van der Waals surface area contributed by atoms with Crippen LogP contribution >= 0.6 is 11.8 Å². The highest BCUT2D eigenvalue weighted by Gasteiger charge is 1.94. The summed E-state index contributed by atoms with van der Waals surface area (Å²) in [5.41, 5.74) is 0. The summed E-state index contributed by atoms with van der Waals surface area (Å²) in [5.74, 6) is 0.717. The molecule has 7 heteroatoms. The molecule has 22 heavy (non-hydrogen) atoms. The third-order valence-corrected chi connectivity index (χ3v) is 2.89. The second-order valence-electron chi connectivity index (χ2n) is 4.87. The van der Waals surface area contributed by atoms with Crippen LogP contribution in [0.1, 0.15) is 13.8 Å². The van der Waals surface area contributed by atoms with Crippen molar-refractivity contribution in [2.45, 2.75) is 19.9 Å². The second-order valence-corrected chi connectivity index (χ2v) is 5.69. The molecular formula is C15H33NO5S. The van der Waals surface area contributed by atoms with Gasteiger partial charge in [-0.05, 0) is 6.26 Å². The van der Waals surface area contributed by atoms with Crippen molar-refractivity contribution in [2.24, 2.45) is 0 Å². The monoisotopic (exact) mass is 339 g/mol. The Morgan fingerprint density at radius 2 is 1.09 bits per heavy atom. The maximum absolute atomic E-state index is 5.42. The van der Waals surface area contributed by atoms with E-state index in [0.29, 0.717) is 58.9 Å². The second kappa shape index (κ2) is 19.2. The van der Waals surface area contributed by atoms with E-state index in [0.717, 1.165) is 19.1 Å². The average Bonchev–Trinajstić information content (AvgIpc) is 2.50. The Bertz CT molecular complexity index is 210. The first-order chi connectivity index (χ1) is 10.8. The molecule has 134 valence electrons. The molecule has 0 unspecified atom stereocenters. The Kier molecular flexibility index (Phi) is 19.3. The Labute approximate surface area is 139 Å². The largest absolute Gasteiger partial charge is 0.378 e. The van der Waals surface area contributed by atoms with Crippen LogP contribution in [0.25, 0.3) is 0 Å². The van der Waals surface area contributed by atoms with Gasteiger partial charge in [0.05, 0.1) is 65.4 Å². The van der Waals surface area contributed by atoms with Crippen molar-refractivity contribution in [1.82, 2.24) is 5.32 Å². The molecule has 0 saturated heterocycles. The maximum Gasteiger partial charge on any atom is 0.0919 e. The molecule has 6 nitrogen and oxygen atoms in total. The van der Waals surface area contributed by atoms with Gasteiger partial charge in [0.2, 0.25) is 0 Å². The first-order valence-electron chi connectivity index (χ1n) is 7.88. The first-order valence-corrected chi connectivity index (χ1v) is 9.27. The lowest BCUT2D eigenvalue weighted by atomic mass is 10.4. The summed E-state index contributed by atoms with van der Waals surface area (Å²) in [7, 11) is 0. The summed E-state index contributed by atoms with van der Waals surface area (Å²) in [4.78, 5) is 0. The van der Waals surface area contributed by atoms with Gasteiger partial charge in [-0.1, -0.05) is 13.8 Å². The van der Waals surface area contributed by atoms with Crippen LogP contribution in [-0.2, 0) is 23.7 Å². The van der Waals surface area contributed by atoms with Gasteiger partial charge < -0.3 is 29.0 Å². The highest BCUT2D eigenvalue weighted by atomic mass is 32.2. The number of ether oxygens (including phenoxy) is 5. The Morgan fingerprint density at radius 1 is 0.682 bits per heavy atom. The average molecular weight is 339 g/mol. The van der Waals surface area contributed by atoms with Gasteiger partial charge in [0.25, 0.3) is 0 Å². The molecule has 0 rings (SSSR count). The Balaban J connectivity index is 2.94. The van der Waals surface area contributed by atoms with E-state index >= 15 is 0 Å². The summed E-state index contributed by atoms with van der Waals surface area (Å²) in [6, 6.07) is 0.504. The summed E-state index contributed by atoms with van der Waals surface area (Å²) >= 11 is 1.66. The molecular weight excluding hydrogens is 306 g/mol. The van der Waals surface area contributed by atoms with Crippen LogP contribution in [0.5, 0.6) is 0 Å². The van der Waals surface area contributed by atoms with Gasteiger partial charge in [-0.15, -0.1) is 11.8 Å². The first kappa shape index (κ1) is 22.1. The Hall–Kier alpha value is 0.110. The minimum Gasteiger partial charge on any atom is -0.378 e. The fraction of sp³-hybridized carbons (Fsp3) is 1.00. The van der Waals surface area contributed by atoms with Gasteiger partial charge in [-0.3, -0.25) is 0 Å². The zero-order valence-electron chi connectivity index (χ0n) is 14.3. The predicted molar refractivity (Wildman–Crippen MR) is 90.7 cm³/mol. The van der Waals surface area contributed by atoms with E-state index in [-0.39, 0.29) is 0 Å². The Morgan fingerprint density at radius 3 is 1.50 bits per heavy atom. The summed E-state index contributed by atoms with van der Waals surface area (Å²) in [6.07, 6.45) is 2.01. The van der Waals surface area contributed by atoms with Gasteiger partial charge in [0.15, 0.2) is 0 Å². The highest BCUT2D eigenvalue weighted by molar-refractivity contribution is 7.98. The molecule has 0 fully saturated rings. The van der Waals surface area contributed by atoms with E-state index in [2.05, 4.69) is 19.2 Å². The fourth-order valence-corrected chi connectivity index (χ4v) is 1.73. The third kappa shape index (κ3) is 20.1. The molecule has 0 aromatic rings. The van der Waals surface area contributed by atoms with Crippen molar-refractivity contribution in [3.8, 4) is 0 Å². The topological polar surface area (TPSA) is 58.2 Å². The quantitative estimate of drug-likeness (QED) is 0.299. The van der Waals surface area contributed by atoms with E-state index in [1.807, 2.05) is 6.26 Å². The minimum absolute atomic E-state index is 0.504. The van der Waals surface area contributed by atoms with Crippen LogP contribution < -0.4 is 5.32 Å². The molecule has 1 N–H and O–H groups in total. The molecule has 0 spiro atoms. The van der Waals surface area contributed by atoms with Crippen molar-refractivity contribution in [1.29, 1.82) is 0 Å². The van der Waals surface area contributed by atoms with Crippen molar-refractivity contribution in [3.05, 3.63) is 0 Å². The third-order valence-electron chi connectivity index (χ3n) is 2.49. The SMILES string of the molecule is CSCOCCOCCOCCOCCOCCNC(C)C. The summed E-state index contributed by atoms with van der Waals surface area (Å²) < 4.78 is 26.8. The summed E-state index contributed by atoms with van der Waals surface area (Å²) in [5, 5.41) is 3.29. The minimum atomic E-state index is 0.504. The van der Waals surface area contributed by atoms with Crippen LogP contribution in [0.15, 0.2) is 0 Å². The molecule has 0 amide bonds. The van der Waals surface area contributed by atoms with E-state index < -0.39 is 0 Å². The molecule has 0 atom stereocenters. The van der Waals surface area contributed by atoms with Gasteiger partial charge in [0.1, 0.15) is 0 Å². The molecule has 0 saturated carbocycles. The predicted octanol–water partition coefficient (Wildman–Crippen LogP) is 1.39. The number of rotatable bonds is 18. The van der Waals surface area contributed by atoms with E-state index in [1.54, 1.807) is 11.8 Å². The molecule has 0 heterocycles. The van der Waals surface area contributed by atoms with E-state index in [1.165, 1.54) is 0 Å². The molecule has 0 aliphatic carbocycles. The van der Waals surface area contributed by atoms with Crippen LogP contribution in [0.3, 0.4) is 0 Å². The van der Waals surface area contributed by atoms with Crippen molar-refractivity contribution in [3.63, 3.8) is 0 Å². The fourth-order valence-electron chi connectivity index (χ4n) is 1.44. The number of nitrogens with one attached hydrogen (secondary N) is 1. The van der Waals surface area contributed by atoms with Crippen LogP contribution in [0, 0.1) is 0 Å². The van der Waals surface area contributed by atoms with Gasteiger partial charge in [-0.2, -0.15) is 0 Å². The standard InChI is InChI=1S/C15H33NO5S/c1-15(2)16-4-5-17-6-7-18-8-9-19-10-11-20-12-13-21-14-22-3/h15-16H,4-14H2,1-3H3. The van der Waals surface area contributed by atoms with Crippen LogP contribution in [0.4, 0.5) is 0 Å². The zero-order valence-corrected chi connectivity index (χ0v) is 15.1. The molecule has 0 aromatic heterocycles. The van der Waals surface area contributed by atoms with Gasteiger partial charge >= 0.3 is 0 Å². The lowest BCUT2D eigenvalue weighted by molar-refractivity contribution is -0.00820. The lowest BCUT2D eigenvalue weighted by Gasteiger charge is -2.09. The van der Waals surface area contributed by atoms with E-state index in [9.17, 15) is 0 Å². The van der Waals surface area contributed by atoms with Crippen LogP contribution in [0.2, 0.25) is 0 Å². The summed E-state index contributed by atoms with van der Waals surface area (Å²) in [6.45, 7) is 10.7. The van der Waals surface area contributed by atoms with Crippen LogP contribution in [-0.4, -0.2) is 84.2 Å². The van der Waals surface area contributed by atoms with Crippen molar-refractivity contribution >= 4 is 11.8 Å². The van der Waals surface area contributed by atoms with E-state index in [4.69, 9.17) is 23.7 Å². The van der Waals surface area contributed by atoms with Crippen molar-refractivity contribution < 1.29 is 23.7 Å². The molecule has 0 bridgehead atoms. The smallest absolute Gasteiger partial charge is 0.0919 e. The van der Waals surface area contributed by atoms with Gasteiger partial charge in [0, 0.05) is 12.6 Å². The normalized spacial score (nSPS) is 11.5. The molecule has 0 radical (unpaired) electrons. The van der Waals surface area contributed by atoms with Gasteiger partial charge in [-0.25, -0.2) is 0 Å².